The average molecular weight is 491 g/mol. The van der Waals surface area contributed by atoms with Gasteiger partial charge in [-0.15, -0.1) is 0 Å². The maximum absolute atomic E-state index is 13.9. The topological polar surface area (TPSA) is 76.1 Å². The first kappa shape index (κ1) is 24.6. The highest BCUT2D eigenvalue weighted by Crippen LogP contribution is 2.30. The van der Waals surface area contributed by atoms with Crippen LogP contribution in [0, 0.1) is 5.82 Å². The van der Waals surface area contributed by atoms with Gasteiger partial charge >= 0.3 is 0 Å². The second-order valence-corrected chi connectivity index (χ2v) is 10.7. The van der Waals surface area contributed by atoms with E-state index in [0.29, 0.717) is 25.5 Å². The number of ether oxygens (including phenoxy) is 2. The zero-order valence-corrected chi connectivity index (χ0v) is 20.2. The molecule has 0 atom stereocenters. The molecule has 0 bridgehead atoms. The Morgan fingerprint density at radius 3 is 2.41 bits per heavy atom. The van der Waals surface area contributed by atoms with Gasteiger partial charge in [0, 0.05) is 25.7 Å². The van der Waals surface area contributed by atoms with E-state index >= 15 is 0 Å². The maximum Gasteiger partial charge on any atom is 0.258 e. The summed E-state index contributed by atoms with van der Waals surface area (Å²) < 4.78 is 52.0. The zero-order chi connectivity index (χ0) is 24.1. The highest BCUT2D eigenvalue weighted by molar-refractivity contribution is 7.89. The molecule has 1 saturated carbocycles. The lowest BCUT2D eigenvalue weighted by atomic mass is 9.93. The van der Waals surface area contributed by atoms with Gasteiger partial charge in [-0.05, 0) is 48.7 Å². The molecule has 184 valence electrons. The van der Waals surface area contributed by atoms with E-state index in [1.54, 1.807) is 17.0 Å². The number of benzene rings is 2. The van der Waals surface area contributed by atoms with Gasteiger partial charge in [0.25, 0.3) is 5.91 Å². The van der Waals surface area contributed by atoms with Crippen LogP contribution in [0.2, 0.25) is 0 Å². The molecule has 1 saturated heterocycles. The smallest absolute Gasteiger partial charge is 0.258 e. The van der Waals surface area contributed by atoms with Crippen molar-refractivity contribution in [3.63, 3.8) is 0 Å². The van der Waals surface area contributed by atoms with E-state index in [1.165, 1.54) is 41.7 Å². The van der Waals surface area contributed by atoms with Crippen molar-refractivity contribution in [2.45, 2.75) is 49.6 Å². The van der Waals surface area contributed by atoms with Crippen LogP contribution in [0.1, 0.15) is 48.0 Å². The fourth-order valence-corrected chi connectivity index (χ4v) is 6.09. The van der Waals surface area contributed by atoms with Crippen LogP contribution in [0.5, 0.6) is 5.75 Å². The van der Waals surface area contributed by atoms with Gasteiger partial charge in [-0.3, -0.25) is 4.79 Å². The fourth-order valence-electron chi connectivity index (χ4n) is 4.65. The number of sulfonamides is 1. The number of methoxy groups -OCH3 is 1. The summed E-state index contributed by atoms with van der Waals surface area (Å²) in [4.78, 5) is 15.7. The lowest BCUT2D eigenvalue weighted by Crippen LogP contribution is -2.42. The highest BCUT2D eigenvalue weighted by atomic mass is 32.2. The Morgan fingerprint density at radius 2 is 1.76 bits per heavy atom. The number of hydrogen-bond donors (Lipinski definition) is 0. The van der Waals surface area contributed by atoms with Crippen molar-refractivity contribution in [1.29, 1.82) is 0 Å². The highest BCUT2D eigenvalue weighted by Gasteiger charge is 2.31. The number of amides is 1. The Balaban J connectivity index is 1.69. The summed E-state index contributed by atoms with van der Waals surface area (Å²) in [5, 5.41) is 0. The molecular weight excluding hydrogens is 459 g/mol. The molecule has 2 aromatic rings. The molecule has 2 fully saturated rings. The van der Waals surface area contributed by atoms with E-state index in [9.17, 15) is 17.6 Å². The summed E-state index contributed by atoms with van der Waals surface area (Å²) >= 11 is 0. The summed E-state index contributed by atoms with van der Waals surface area (Å²) in [7, 11) is -2.31. The Kier molecular flexibility index (Phi) is 7.85. The molecule has 0 N–H and O–H groups in total. The van der Waals surface area contributed by atoms with Crippen molar-refractivity contribution in [2.75, 3.05) is 33.4 Å². The van der Waals surface area contributed by atoms with E-state index < -0.39 is 10.0 Å². The van der Waals surface area contributed by atoms with Crippen LogP contribution in [-0.2, 0) is 21.3 Å². The molecule has 0 radical (unpaired) electrons. The van der Waals surface area contributed by atoms with Gasteiger partial charge in [0.1, 0.15) is 11.6 Å². The molecule has 1 aliphatic carbocycles. The maximum atomic E-state index is 13.9. The number of carbonyl (C=O) groups excluding carboxylic acids is 1. The zero-order valence-electron chi connectivity index (χ0n) is 19.4. The van der Waals surface area contributed by atoms with Gasteiger partial charge in [-0.2, -0.15) is 4.31 Å². The monoisotopic (exact) mass is 490 g/mol. The Hall–Kier alpha value is -2.49. The van der Waals surface area contributed by atoms with Crippen molar-refractivity contribution in [3.8, 4) is 5.75 Å². The van der Waals surface area contributed by atoms with Crippen LogP contribution < -0.4 is 4.74 Å². The minimum absolute atomic E-state index is 0.0236. The fraction of sp³-hybridized carbons (Fsp3) is 0.480. The summed E-state index contributed by atoms with van der Waals surface area (Å²) in [6, 6.07) is 10.6. The third-order valence-corrected chi connectivity index (χ3v) is 8.45. The number of rotatable bonds is 7. The van der Waals surface area contributed by atoms with Gasteiger partial charge in [0.05, 0.1) is 30.8 Å². The van der Waals surface area contributed by atoms with Gasteiger partial charge in [-0.1, -0.05) is 31.4 Å². The first-order valence-corrected chi connectivity index (χ1v) is 13.2. The van der Waals surface area contributed by atoms with Crippen LogP contribution in [-0.4, -0.2) is 63.0 Å². The van der Waals surface area contributed by atoms with Crippen LogP contribution in [0.25, 0.3) is 0 Å². The third kappa shape index (κ3) is 5.42. The normalized spacial score (nSPS) is 17.9. The molecule has 2 aliphatic rings. The lowest BCUT2D eigenvalue weighted by Gasteiger charge is -2.35. The van der Waals surface area contributed by atoms with Gasteiger partial charge in [0.2, 0.25) is 10.0 Å². The van der Waals surface area contributed by atoms with Crippen molar-refractivity contribution in [3.05, 3.63) is 59.4 Å². The van der Waals surface area contributed by atoms with Crippen molar-refractivity contribution in [1.82, 2.24) is 9.21 Å². The predicted octanol–water partition coefficient (Wildman–Crippen LogP) is 3.83. The molecule has 34 heavy (non-hydrogen) atoms. The third-order valence-electron chi connectivity index (χ3n) is 6.55. The second-order valence-electron chi connectivity index (χ2n) is 8.73. The molecule has 7 nitrogen and oxygen atoms in total. The first-order valence-electron chi connectivity index (χ1n) is 11.7. The molecule has 0 unspecified atom stereocenters. The molecule has 9 heteroatoms. The van der Waals surface area contributed by atoms with Crippen LogP contribution in [0.4, 0.5) is 4.39 Å². The van der Waals surface area contributed by atoms with Crippen molar-refractivity contribution < 1.29 is 27.1 Å². The van der Waals surface area contributed by atoms with Crippen LogP contribution in [0.15, 0.2) is 47.4 Å². The first-order chi connectivity index (χ1) is 16.4. The largest absolute Gasteiger partial charge is 0.496 e. The van der Waals surface area contributed by atoms with Gasteiger partial charge in [0.15, 0.2) is 0 Å². The van der Waals surface area contributed by atoms with Crippen LogP contribution in [0.3, 0.4) is 0 Å². The van der Waals surface area contributed by atoms with Crippen LogP contribution >= 0.6 is 0 Å². The molecule has 1 amide bonds. The standard InChI is InChI=1S/C25H31FN2O5S/c1-32-24-12-11-22(34(30,31)27-13-15-33-16-14-27)17-23(24)25(29)28(21-5-3-2-4-6-21)18-19-7-9-20(26)10-8-19/h7-12,17,21H,2-6,13-16,18H2,1H3. The molecule has 1 heterocycles. The number of carbonyl (C=O) groups is 1. The summed E-state index contributed by atoms with van der Waals surface area (Å²) in [5.41, 5.74) is 1.03. The number of hydrogen-bond acceptors (Lipinski definition) is 5. The van der Waals surface area contributed by atoms with Gasteiger partial charge in [-0.25, -0.2) is 12.8 Å². The Morgan fingerprint density at radius 1 is 1.09 bits per heavy atom. The summed E-state index contributed by atoms with van der Waals surface area (Å²) in [5.74, 6) is -0.292. The predicted molar refractivity (Wildman–Crippen MR) is 126 cm³/mol. The number of nitrogens with zero attached hydrogens (tertiary/aromatic N) is 2. The minimum Gasteiger partial charge on any atom is -0.496 e. The Labute approximate surface area is 200 Å². The van der Waals surface area contributed by atoms with E-state index in [1.807, 2.05) is 0 Å². The molecule has 0 spiro atoms. The number of morpholine rings is 1. The summed E-state index contributed by atoms with van der Waals surface area (Å²) in [6.07, 6.45) is 4.94. The quantitative estimate of drug-likeness (QED) is 0.590. The molecule has 2 aromatic carbocycles. The van der Waals surface area contributed by atoms with Gasteiger partial charge < -0.3 is 14.4 Å². The van der Waals surface area contributed by atoms with E-state index in [-0.39, 0.29) is 41.3 Å². The average Bonchev–Trinajstić information content (AvgIpc) is 2.88. The van der Waals surface area contributed by atoms with E-state index in [0.717, 1.165) is 37.7 Å². The Bertz CT molecular complexity index is 1090. The lowest BCUT2D eigenvalue weighted by molar-refractivity contribution is 0.0610. The molecule has 4 rings (SSSR count). The molecular formula is C25H31FN2O5S. The summed E-state index contributed by atoms with van der Waals surface area (Å²) in [6.45, 7) is 1.54. The number of halogens is 1. The van der Waals surface area contributed by atoms with Crippen molar-refractivity contribution >= 4 is 15.9 Å². The van der Waals surface area contributed by atoms with E-state index in [2.05, 4.69) is 0 Å². The minimum atomic E-state index is -3.77. The SMILES string of the molecule is COc1ccc(S(=O)(=O)N2CCOCC2)cc1C(=O)N(Cc1ccc(F)cc1)C1CCCCC1. The van der Waals surface area contributed by atoms with E-state index in [4.69, 9.17) is 9.47 Å². The van der Waals surface area contributed by atoms with Crippen molar-refractivity contribution in [2.24, 2.45) is 0 Å². The second kappa shape index (κ2) is 10.8. The molecule has 0 aromatic heterocycles. The molecule has 1 aliphatic heterocycles.